The molecular formula is C15H19ClFN3O3S. The summed E-state index contributed by atoms with van der Waals surface area (Å²) in [4.78, 5) is 16.2. The fourth-order valence-electron chi connectivity index (χ4n) is 1.93. The van der Waals surface area contributed by atoms with Crippen LogP contribution in [-0.2, 0) is 9.53 Å². The van der Waals surface area contributed by atoms with Crippen LogP contribution in [0, 0.1) is 5.82 Å². The number of halogens is 2. The minimum atomic E-state index is -0.463. The molecule has 1 amide bonds. The van der Waals surface area contributed by atoms with Crippen LogP contribution in [0.25, 0.3) is 11.3 Å². The standard InChI is InChI=1S/C15H18FN3O3S.ClH/c1-21-10(7-17)6-14(20)19-15-18-12(8-23-15)9-3-4-13(22-2)11(16)5-9;/h3-5,8,10H,6-7,17H2,1-2H3,(H,18,19,20);1H. The maximum absolute atomic E-state index is 13.7. The number of ether oxygens (including phenoxy) is 2. The average Bonchev–Trinajstić information content (AvgIpc) is 3.00. The minimum absolute atomic E-state index is 0. The number of rotatable bonds is 7. The van der Waals surface area contributed by atoms with Crippen molar-refractivity contribution in [2.75, 3.05) is 26.1 Å². The highest BCUT2D eigenvalue weighted by molar-refractivity contribution is 7.14. The lowest BCUT2D eigenvalue weighted by Gasteiger charge is -2.11. The summed E-state index contributed by atoms with van der Waals surface area (Å²) in [6.07, 6.45) is -0.177. The number of nitrogens with two attached hydrogens (primary N) is 1. The quantitative estimate of drug-likeness (QED) is 0.777. The van der Waals surface area contributed by atoms with Gasteiger partial charge in [0.15, 0.2) is 16.7 Å². The van der Waals surface area contributed by atoms with Crippen molar-refractivity contribution < 1.29 is 18.7 Å². The number of amides is 1. The summed E-state index contributed by atoms with van der Waals surface area (Å²) in [6, 6.07) is 4.58. The number of carbonyl (C=O) groups is 1. The van der Waals surface area contributed by atoms with Crippen LogP contribution in [0.1, 0.15) is 6.42 Å². The molecule has 24 heavy (non-hydrogen) atoms. The molecule has 6 nitrogen and oxygen atoms in total. The zero-order valence-corrected chi connectivity index (χ0v) is 14.9. The first kappa shape index (κ1) is 20.3. The van der Waals surface area contributed by atoms with Crippen molar-refractivity contribution in [3.8, 4) is 17.0 Å². The number of hydrogen-bond donors (Lipinski definition) is 2. The van der Waals surface area contributed by atoms with Gasteiger partial charge in [-0.05, 0) is 18.2 Å². The highest BCUT2D eigenvalue weighted by Crippen LogP contribution is 2.28. The zero-order valence-electron chi connectivity index (χ0n) is 13.2. The van der Waals surface area contributed by atoms with Crippen LogP contribution in [0.3, 0.4) is 0 Å². The summed E-state index contributed by atoms with van der Waals surface area (Å²) in [6.45, 7) is 0.262. The van der Waals surface area contributed by atoms with E-state index in [0.717, 1.165) is 0 Å². The Morgan fingerprint density at radius 2 is 2.21 bits per heavy atom. The first-order valence-electron chi connectivity index (χ1n) is 6.89. The molecule has 1 atom stereocenters. The van der Waals surface area contributed by atoms with Crippen LogP contribution in [0.4, 0.5) is 9.52 Å². The number of aromatic nitrogens is 1. The van der Waals surface area contributed by atoms with Gasteiger partial charge in [0.25, 0.3) is 0 Å². The molecule has 2 aromatic rings. The van der Waals surface area contributed by atoms with Gasteiger partial charge in [-0.25, -0.2) is 9.37 Å². The lowest BCUT2D eigenvalue weighted by Crippen LogP contribution is -2.28. The van der Waals surface area contributed by atoms with Gasteiger partial charge in [-0.2, -0.15) is 0 Å². The molecule has 0 aliphatic heterocycles. The van der Waals surface area contributed by atoms with Crippen LogP contribution in [0.5, 0.6) is 5.75 Å². The molecule has 3 N–H and O–H groups in total. The van der Waals surface area contributed by atoms with Gasteiger partial charge in [0.1, 0.15) is 0 Å². The van der Waals surface area contributed by atoms with Crippen LogP contribution in [0.15, 0.2) is 23.6 Å². The summed E-state index contributed by atoms with van der Waals surface area (Å²) in [7, 11) is 2.91. The van der Waals surface area contributed by atoms with Crippen LogP contribution >= 0.6 is 23.7 Å². The highest BCUT2D eigenvalue weighted by Gasteiger charge is 2.14. The summed E-state index contributed by atoms with van der Waals surface area (Å²) in [5, 5.41) is 4.86. The van der Waals surface area contributed by atoms with Gasteiger partial charge in [-0.15, -0.1) is 23.7 Å². The number of carbonyl (C=O) groups excluding carboxylic acids is 1. The van der Waals surface area contributed by atoms with Crippen LogP contribution < -0.4 is 15.8 Å². The Hall–Kier alpha value is -1.74. The molecule has 0 spiro atoms. The Labute approximate surface area is 149 Å². The molecule has 0 saturated heterocycles. The van der Waals surface area contributed by atoms with E-state index in [9.17, 15) is 9.18 Å². The third kappa shape index (κ3) is 5.13. The van der Waals surface area contributed by atoms with Crippen molar-refractivity contribution in [2.24, 2.45) is 5.73 Å². The molecule has 0 radical (unpaired) electrons. The Kier molecular flexibility index (Phi) is 8.06. The van der Waals surface area contributed by atoms with Gasteiger partial charge >= 0.3 is 0 Å². The molecule has 9 heteroatoms. The van der Waals surface area contributed by atoms with Gasteiger partial charge in [-0.1, -0.05) is 0 Å². The topological polar surface area (TPSA) is 86.5 Å². The first-order valence-corrected chi connectivity index (χ1v) is 7.77. The van der Waals surface area contributed by atoms with E-state index < -0.39 is 5.82 Å². The third-order valence-electron chi connectivity index (χ3n) is 3.21. The number of hydrogen-bond acceptors (Lipinski definition) is 6. The van der Waals surface area contributed by atoms with Gasteiger partial charge in [0.2, 0.25) is 5.91 Å². The Morgan fingerprint density at radius 1 is 1.46 bits per heavy atom. The molecule has 1 aromatic carbocycles. The molecule has 0 bridgehead atoms. The fraction of sp³-hybridized carbons (Fsp3) is 0.333. The minimum Gasteiger partial charge on any atom is -0.494 e. The molecule has 0 aliphatic rings. The Balaban J connectivity index is 0.00000288. The van der Waals surface area contributed by atoms with Crippen molar-refractivity contribution in [3.63, 3.8) is 0 Å². The Morgan fingerprint density at radius 3 is 2.79 bits per heavy atom. The van der Waals surface area contributed by atoms with Crippen molar-refractivity contribution in [1.82, 2.24) is 4.98 Å². The third-order valence-corrected chi connectivity index (χ3v) is 3.97. The number of methoxy groups -OCH3 is 2. The molecule has 0 fully saturated rings. The predicted molar refractivity (Wildman–Crippen MR) is 94.4 cm³/mol. The number of anilines is 1. The van der Waals surface area contributed by atoms with E-state index in [2.05, 4.69) is 10.3 Å². The van der Waals surface area contributed by atoms with Gasteiger partial charge in [0.05, 0.1) is 25.3 Å². The number of nitrogens with one attached hydrogen (secondary N) is 1. The highest BCUT2D eigenvalue weighted by atomic mass is 35.5. The van der Waals surface area contributed by atoms with E-state index in [4.69, 9.17) is 15.2 Å². The van der Waals surface area contributed by atoms with Crippen LogP contribution in [-0.4, -0.2) is 37.8 Å². The predicted octanol–water partition coefficient (Wildman–Crippen LogP) is 2.68. The maximum Gasteiger partial charge on any atom is 0.228 e. The second-order valence-electron chi connectivity index (χ2n) is 4.73. The van der Waals surface area contributed by atoms with E-state index in [-0.39, 0.29) is 43.1 Å². The van der Waals surface area contributed by atoms with Crippen LogP contribution in [0.2, 0.25) is 0 Å². The number of nitrogens with zero attached hydrogens (tertiary/aromatic N) is 1. The Bertz CT molecular complexity index is 680. The first-order chi connectivity index (χ1) is 11.1. The average molecular weight is 376 g/mol. The van der Waals surface area contributed by atoms with Gasteiger partial charge in [-0.3, -0.25) is 4.79 Å². The number of thiazole rings is 1. The summed E-state index contributed by atoms with van der Waals surface area (Å²) >= 11 is 1.26. The normalized spacial score (nSPS) is 11.5. The molecule has 1 aromatic heterocycles. The molecule has 0 aliphatic carbocycles. The monoisotopic (exact) mass is 375 g/mol. The van der Waals surface area contributed by atoms with Crippen molar-refractivity contribution in [2.45, 2.75) is 12.5 Å². The second kappa shape index (κ2) is 9.53. The van der Waals surface area contributed by atoms with Crippen molar-refractivity contribution in [3.05, 3.63) is 29.4 Å². The maximum atomic E-state index is 13.7. The van der Waals surface area contributed by atoms with E-state index in [0.29, 0.717) is 16.4 Å². The number of benzene rings is 1. The SMILES string of the molecule is COc1ccc(-c2csc(NC(=O)CC(CN)OC)n2)cc1F.Cl. The van der Waals surface area contributed by atoms with E-state index in [1.165, 1.54) is 37.7 Å². The van der Waals surface area contributed by atoms with Crippen molar-refractivity contribution >= 4 is 34.8 Å². The molecule has 1 unspecified atom stereocenters. The lowest BCUT2D eigenvalue weighted by atomic mass is 10.1. The zero-order chi connectivity index (χ0) is 16.8. The smallest absolute Gasteiger partial charge is 0.228 e. The molecule has 0 saturated carbocycles. The molecule has 2 rings (SSSR count). The lowest BCUT2D eigenvalue weighted by molar-refractivity contribution is -0.118. The van der Waals surface area contributed by atoms with Crippen molar-refractivity contribution in [1.29, 1.82) is 0 Å². The summed E-state index contributed by atoms with van der Waals surface area (Å²) in [5.41, 5.74) is 6.66. The summed E-state index contributed by atoms with van der Waals surface area (Å²) < 4.78 is 23.7. The fourth-order valence-corrected chi connectivity index (χ4v) is 2.67. The van der Waals surface area contributed by atoms with Gasteiger partial charge < -0.3 is 20.5 Å². The van der Waals surface area contributed by atoms with E-state index in [1.54, 1.807) is 11.4 Å². The molecular weight excluding hydrogens is 357 g/mol. The summed E-state index contributed by atoms with van der Waals surface area (Å²) in [5.74, 6) is -0.525. The molecule has 1 heterocycles. The largest absolute Gasteiger partial charge is 0.494 e. The van der Waals surface area contributed by atoms with Gasteiger partial charge in [0, 0.05) is 24.6 Å². The van der Waals surface area contributed by atoms with E-state index in [1.807, 2.05) is 0 Å². The molecule has 132 valence electrons. The van der Waals surface area contributed by atoms with E-state index >= 15 is 0 Å². The second-order valence-corrected chi connectivity index (χ2v) is 5.59.